The highest BCUT2D eigenvalue weighted by atomic mass is 16.4. The average Bonchev–Trinajstić information content (AvgIpc) is 2.92. The van der Waals surface area contributed by atoms with Crippen molar-refractivity contribution in [2.24, 2.45) is 5.92 Å². The second-order valence-electron chi connectivity index (χ2n) is 4.42. The molecule has 1 N–H and O–H groups in total. The minimum atomic E-state index is -0.638. The standard InChI is InChI=1S/C11H17NO2/c1-8-4-6-12(7-5-8)10(11(13)14)9-2-3-9/h4,9-10H,2-3,5-7H2,1H3,(H,13,14). The van der Waals surface area contributed by atoms with E-state index < -0.39 is 5.97 Å². The van der Waals surface area contributed by atoms with Gasteiger partial charge >= 0.3 is 5.97 Å². The largest absolute Gasteiger partial charge is 0.480 e. The van der Waals surface area contributed by atoms with E-state index in [1.807, 2.05) is 0 Å². The molecule has 0 aromatic carbocycles. The number of carboxylic acid groups (broad SMARTS) is 1. The molecule has 0 radical (unpaired) electrons. The van der Waals surface area contributed by atoms with Gasteiger partial charge in [-0.05, 0) is 32.1 Å². The van der Waals surface area contributed by atoms with Crippen LogP contribution >= 0.6 is 0 Å². The van der Waals surface area contributed by atoms with Crippen LogP contribution in [0.15, 0.2) is 11.6 Å². The van der Waals surface area contributed by atoms with Crippen molar-refractivity contribution in [1.29, 1.82) is 0 Å². The zero-order chi connectivity index (χ0) is 10.1. The summed E-state index contributed by atoms with van der Waals surface area (Å²) in [5.74, 6) is -0.222. The molecule has 0 bridgehead atoms. The minimum absolute atomic E-state index is 0.223. The molecule has 1 heterocycles. The second-order valence-corrected chi connectivity index (χ2v) is 4.42. The third-order valence-corrected chi connectivity index (χ3v) is 3.18. The molecule has 0 saturated heterocycles. The Bertz CT molecular complexity index is 268. The van der Waals surface area contributed by atoms with Gasteiger partial charge in [0.15, 0.2) is 0 Å². The Morgan fingerprint density at radius 2 is 2.36 bits per heavy atom. The van der Waals surface area contributed by atoms with E-state index in [1.165, 1.54) is 5.57 Å². The summed E-state index contributed by atoms with van der Waals surface area (Å²) in [5, 5.41) is 9.14. The summed E-state index contributed by atoms with van der Waals surface area (Å²) >= 11 is 0. The molecule has 2 rings (SSSR count). The Labute approximate surface area is 84.4 Å². The van der Waals surface area contributed by atoms with Crippen molar-refractivity contribution in [1.82, 2.24) is 4.90 Å². The number of aliphatic carboxylic acids is 1. The van der Waals surface area contributed by atoms with Crippen LogP contribution in [0.3, 0.4) is 0 Å². The van der Waals surface area contributed by atoms with E-state index in [0.29, 0.717) is 5.92 Å². The van der Waals surface area contributed by atoms with Gasteiger partial charge in [0, 0.05) is 13.1 Å². The minimum Gasteiger partial charge on any atom is -0.480 e. The van der Waals surface area contributed by atoms with Gasteiger partial charge in [0.1, 0.15) is 6.04 Å². The van der Waals surface area contributed by atoms with Gasteiger partial charge < -0.3 is 5.11 Å². The lowest BCUT2D eigenvalue weighted by Gasteiger charge is -2.30. The monoisotopic (exact) mass is 195 g/mol. The van der Waals surface area contributed by atoms with Gasteiger partial charge in [0.25, 0.3) is 0 Å². The quantitative estimate of drug-likeness (QED) is 0.694. The number of carbonyl (C=O) groups is 1. The number of rotatable bonds is 3. The van der Waals surface area contributed by atoms with Gasteiger partial charge in [-0.2, -0.15) is 0 Å². The van der Waals surface area contributed by atoms with E-state index in [4.69, 9.17) is 5.11 Å². The fourth-order valence-electron chi connectivity index (χ4n) is 2.11. The predicted molar refractivity (Wildman–Crippen MR) is 54.1 cm³/mol. The zero-order valence-corrected chi connectivity index (χ0v) is 8.57. The van der Waals surface area contributed by atoms with E-state index in [9.17, 15) is 4.79 Å². The van der Waals surface area contributed by atoms with E-state index >= 15 is 0 Å². The first-order chi connectivity index (χ1) is 6.68. The lowest BCUT2D eigenvalue weighted by atomic mass is 10.1. The van der Waals surface area contributed by atoms with Gasteiger partial charge in [-0.15, -0.1) is 0 Å². The van der Waals surface area contributed by atoms with Gasteiger partial charge in [-0.25, -0.2) is 0 Å². The first-order valence-electron chi connectivity index (χ1n) is 5.31. The van der Waals surface area contributed by atoms with Crippen molar-refractivity contribution in [2.45, 2.75) is 32.2 Å². The SMILES string of the molecule is CC1=CCN(C(C(=O)O)C2CC2)CC1. The highest BCUT2D eigenvalue weighted by Crippen LogP contribution is 2.36. The predicted octanol–water partition coefficient (Wildman–Crippen LogP) is 1.50. The summed E-state index contributed by atoms with van der Waals surface area (Å²) in [5.41, 5.74) is 1.39. The molecule has 78 valence electrons. The number of carboxylic acids is 1. The Morgan fingerprint density at radius 3 is 2.79 bits per heavy atom. The Hall–Kier alpha value is -0.830. The van der Waals surface area contributed by atoms with Gasteiger partial charge in [-0.3, -0.25) is 9.69 Å². The van der Waals surface area contributed by atoms with Crippen molar-refractivity contribution in [3.8, 4) is 0 Å². The molecule has 1 fully saturated rings. The molecule has 2 aliphatic rings. The molecule has 3 heteroatoms. The summed E-state index contributed by atoms with van der Waals surface area (Å²) in [7, 11) is 0. The van der Waals surface area contributed by atoms with Crippen molar-refractivity contribution in [2.75, 3.05) is 13.1 Å². The maximum Gasteiger partial charge on any atom is 0.321 e. The fourth-order valence-corrected chi connectivity index (χ4v) is 2.11. The maximum absolute atomic E-state index is 11.1. The average molecular weight is 195 g/mol. The lowest BCUT2D eigenvalue weighted by molar-refractivity contribution is -0.144. The normalized spacial score (nSPS) is 25.6. The third-order valence-electron chi connectivity index (χ3n) is 3.18. The number of hydrogen-bond acceptors (Lipinski definition) is 2. The van der Waals surface area contributed by atoms with E-state index in [0.717, 1.165) is 32.4 Å². The number of hydrogen-bond donors (Lipinski definition) is 1. The summed E-state index contributed by atoms with van der Waals surface area (Å²) < 4.78 is 0. The topological polar surface area (TPSA) is 40.5 Å². The fraction of sp³-hybridized carbons (Fsp3) is 0.727. The summed E-state index contributed by atoms with van der Waals surface area (Å²) in [6.07, 6.45) is 5.37. The molecule has 0 amide bonds. The van der Waals surface area contributed by atoms with Crippen LogP contribution in [0, 0.1) is 5.92 Å². The highest BCUT2D eigenvalue weighted by Gasteiger charge is 2.40. The summed E-state index contributed by atoms with van der Waals surface area (Å²) in [6, 6.07) is -0.223. The smallest absolute Gasteiger partial charge is 0.321 e. The lowest BCUT2D eigenvalue weighted by Crippen LogP contribution is -2.44. The van der Waals surface area contributed by atoms with E-state index in [2.05, 4.69) is 17.9 Å². The molecule has 0 spiro atoms. The number of nitrogens with zero attached hydrogens (tertiary/aromatic N) is 1. The molecule has 1 atom stereocenters. The molecule has 3 nitrogen and oxygen atoms in total. The first-order valence-corrected chi connectivity index (χ1v) is 5.31. The Balaban J connectivity index is 2.01. The van der Waals surface area contributed by atoms with Crippen LogP contribution in [0.25, 0.3) is 0 Å². The van der Waals surface area contributed by atoms with Crippen LogP contribution in [0.4, 0.5) is 0 Å². The summed E-state index contributed by atoms with van der Waals surface area (Å²) in [6.45, 7) is 3.85. The third kappa shape index (κ3) is 1.98. The van der Waals surface area contributed by atoms with Crippen LogP contribution in [-0.2, 0) is 4.79 Å². The van der Waals surface area contributed by atoms with Crippen molar-refractivity contribution >= 4 is 5.97 Å². The molecule has 1 saturated carbocycles. The van der Waals surface area contributed by atoms with Gasteiger partial charge in [-0.1, -0.05) is 11.6 Å². The maximum atomic E-state index is 11.1. The highest BCUT2D eigenvalue weighted by molar-refractivity contribution is 5.74. The molecule has 1 unspecified atom stereocenters. The van der Waals surface area contributed by atoms with Crippen LogP contribution in [0.1, 0.15) is 26.2 Å². The molecular formula is C11H17NO2. The molecule has 1 aliphatic heterocycles. The molecule has 14 heavy (non-hydrogen) atoms. The molecule has 0 aromatic rings. The van der Waals surface area contributed by atoms with Gasteiger partial charge in [0.05, 0.1) is 0 Å². The van der Waals surface area contributed by atoms with E-state index in [-0.39, 0.29) is 6.04 Å². The summed E-state index contributed by atoms with van der Waals surface area (Å²) in [4.78, 5) is 13.2. The molecule has 0 aromatic heterocycles. The Kier molecular flexibility index (Phi) is 2.59. The van der Waals surface area contributed by atoms with E-state index in [1.54, 1.807) is 0 Å². The van der Waals surface area contributed by atoms with Crippen molar-refractivity contribution < 1.29 is 9.90 Å². The van der Waals surface area contributed by atoms with Crippen LogP contribution in [-0.4, -0.2) is 35.1 Å². The van der Waals surface area contributed by atoms with Crippen LogP contribution in [0.2, 0.25) is 0 Å². The zero-order valence-electron chi connectivity index (χ0n) is 8.57. The van der Waals surface area contributed by atoms with Crippen molar-refractivity contribution in [3.63, 3.8) is 0 Å². The second kappa shape index (κ2) is 3.73. The van der Waals surface area contributed by atoms with Crippen LogP contribution < -0.4 is 0 Å². The molecule has 1 aliphatic carbocycles. The Morgan fingerprint density at radius 1 is 1.64 bits per heavy atom. The van der Waals surface area contributed by atoms with Gasteiger partial charge in [0.2, 0.25) is 0 Å². The molecular weight excluding hydrogens is 178 g/mol. The first kappa shape index (κ1) is 9.71. The van der Waals surface area contributed by atoms with Crippen molar-refractivity contribution in [3.05, 3.63) is 11.6 Å². The van der Waals surface area contributed by atoms with Crippen LogP contribution in [0.5, 0.6) is 0 Å².